The number of pyridine rings is 1. The van der Waals surface area contributed by atoms with Gasteiger partial charge in [-0.1, -0.05) is 23.7 Å². The van der Waals surface area contributed by atoms with Gasteiger partial charge in [0.05, 0.1) is 16.1 Å². The highest BCUT2D eigenvalue weighted by atomic mass is 35.5. The molecule has 0 atom stereocenters. The maximum Gasteiger partial charge on any atom is 0.417 e. The van der Waals surface area contributed by atoms with Gasteiger partial charge in [-0.05, 0) is 25.1 Å². The van der Waals surface area contributed by atoms with Gasteiger partial charge in [0, 0.05) is 37.8 Å². The van der Waals surface area contributed by atoms with Crippen LogP contribution in [0.25, 0.3) is 16.6 Å². The zero-order valence-electron chi connectivity index (χ0n) is 16.4. The molecule has 1 aliphatic heterocycles. The van der Waals surface area contributed by atoms with Crippen molar-refractivity contribution in [2.45, 2.75) is 13.1 Å². The molecule has 7 nitrogen and oxygen atoms in total. The van der Waals surface area contributed by atoms with Gasteiger partial charge in [-0.25, -0.2) is 15.0 Å². The maximum atomic E-state index is 12.9. The lowest BCUT2D eigenvalue weighted by molar-refractivity contribution is -0.137. The Hall–Kier alpha value is -3.14. The summed E-state index contributed by atoms with van der Waals surface area (Å²) in [4.78, 5) is 17.3. The van der Waals surface area contributed by atoms with Crippen molar-refractivity contribution in [1.29, 1.82) is 0 Å². The van der Waals surface area contributed by atoms with E-state index in [-0.39, 0.29) is 5.02 Å². The van der Waals surface area contributed by atoms with Gasteiger partial charge in [0.2, 0.25) is 5.95 Å². The lowest BCUT2D eigenvalue weighted by Gasteiger charge is -2.36. The predicted octanol–water partition coefficient (Wildman–Crippen LogP) is 3.98. The normalized spacial score (nSPS) is 15.3. The van der Waals surface area contributed by atoms with E-state index < -0.39 is 11.7 Å². The zero-order valence-corrected chi connectivity index (χ0v) is 17.2. The van der Waals surface area contributed by atoms with Gasteiger partial charge < -0.3 is 9.80 Å². The van der Waals surface area contributed by atoms with E-state index in [4.69, 9.17) is 16.6 Å². The van der Waals surface area contributed by atoms with Crippen molar-refractivity contribution in [3.63, 3.8) is 0 Å². The first-order valence-electron chi connectivity index (χ1n) is 9.66. The van der Waals surface area contributed by atoms with Gasteiger partial charge in [0.15, 0.2) is 5.65 Å². The van der Waals surface area contributed by atoms with E-state index in [0.29, 0.717) is 43.8 Å². The summed E-state index contributed by atoms with van der Waals surface area (Å²) in [7, 11) is 0. The van der Waals surface area contributed by atoms with Gasteiger partial charge >= 0.3 is 6.18 Å². The van der Waals surface area contributed by atoms with Crippen LogP contribution in [-0.2, 0) is 6.18 Å². The Bertz CT molecular complexity index is 1280. The highest BCUT2D eigenvalue weighted by Crippen LogP contribution is 2.34. The second kappa shape index (κ2) is 7.23. The minimum atomic E-state index is -4.48. The van der Waals surface area contributed by atoms with Crippen molar-refractivity contribution in [3.8, 4) is 0 Å². The number of hydrogen-bond donors (Lipinski definition) is 0. The third-order valence-corrected chi connectivity index (χ3v) is 5.56. The molecule has 4 heterocycles. The number of benzene rings is 1. The van der Waals surface area contributed by atoms with Crippen LogP contribution in [-0.4, -0.2) is 50.7 Å². The molecule has 11 heteroatoms. The molecule has 5 rings (SSSR count). The van der Waals surface area contributed by atoms with E-state index in [1.807, 2.05) is 36.1 Å². The average Bonchev–Trinajstić information content (AvgIpc) is 3.14. The summed E-state index contributed by atoms with van der Waals surface area (Å²) in [6.45, 7) is 4.06. The summed E-state index contributed by atoms with van der Waals surface area (Å²) < 4.78 is 40.4. The number of aromatic nitrogens is 5. The fourth-order valence-corrected chi connectivity index (χ4v) is 4.07. The van der Waals surface area contributed by atoms with Gasteiger partial charge in [0.25, 0.3) is 0 Å². The first kappa shape index (κ1) is 19.8. The van der Waals surface area contributed by atoms with Crippen molar-refractivity contribution >= 4 is 39.9 Å². The second-order valence-electron chi connectivity index (χ2n) is 7.32. The third kappa shape index (κ3) is 3.50. The lowest BCUT2D eigenvalue weighted by Crippen LogP contribution is -2.47. The quantitative estimate of drug-likeness (QED) is 0.463. The summed E-state index contributed by atoms with van der Waals surface area (Å²) in [6.07, 6.45) is -3.66. The average molecular weight is 448 g/mol. The third-order valence-electron chi connectivity index (χ3n) is 5.28. The molecule has 0 aliphatic carbocycles. The number of para-hydroxylation sites is 1. The molecule has 0 radical (unpaired) electrons. The van der Waals surface area contributed by atoms with Crippen LogP contribution in [0.2, 0.25) is 5.02 Å². The first-order valence-corrected chi connectivity index (χ1v) is 10.0. The molecule has 1 saturated heterocycles. The van der Waals surface area contributed by atoms with Crippen molar-refractivity contribution in [2.75, 3.05) is 36.0 Å². The second-order valence-corrected chi connectivity index (χ2v) is 7.73. The monoisotopic (exact) mass is 447 g/mol. The molecule has 1 aliphatic rings. The molecule has 0 amide bonds. The number of piperazine rings is 1. The van der Waals surface area contributed by atoms with Crippen LogP contribution in [0, 0.1) is 6.92 Å². The fraction of sp³-hybridized carbons (Fsp3) is 0.300. The summed E-state index contributed by atoms with van der Waals surface area (Å²) in [5, 5.41) is 5.42. The van der Waals surface area contributed by atoms with Crippen molar-refractivity contribution in [3.05, 3.63) is 52.9 Å². The molecule has 0 unspecified atom stereocenters. The van der Waals surface area contributed by atoms with Crippen molar-refractivity contribution < 1.29 is 13.2 Å². The van der Waals surface area contributed by atoms with Gasteiger partial charge in [-0.3, -0.25) is 0 Å². The molecule has 0 saturated carbocycles. The van der Waals surface area contributed by atoms with E-state index in [0.717, 1.165) is 28.8 Å². The molecule has 0 N–H and O–H groups in total. The molecular formula is C20H17ClF3N7. The topological polar surface area (TPSA) is 62.5 Å². The van der Waals surface area contributed by atoms with Gasteiger partial charge in [-0.2, -0.15) is 17.7 Å². The summed E-state index contributed by atoms with van der Waals surface area (Å²) in [6, 6.07) is 8.68. The van der Waals surface area contributed by atoms with Crippen LogP contribution in [0.15, 0.2) is 36.5 Å². The van der Waals surface area contributed by atoms with Crippen LogP contribution in [0.3, 0.4) is 0 Å². The van der Waals surface area contributed by atoms with Crippen LogP contribution in [0.5, 0.6) is 0 Å². The minimum Gasteiger partial charge on any atom is -0.352 e. The van der Waals surface area contributed by atoms with Crippen LogP contribution >= 0.6 is 11.6 Å². The van der Waals surface area contributed by atoms with Crippen LogP contribution in [0.1, 0.15) is 11.4 Å². The molecule has 1 fully saturated rings. The largest absolute Gasteiger partial charge is 0.417 e. The fourth-order valence-electron chi connectivity index (χ4n) is 3.79. The molecular weight excluding hydrogens is 431 g/mol. The first-order chi connectivity index (χ1) is 14.8. The van der Waals surface area contributed by atoms with Crippen molar-refractivity contribution in [2.24, 2.45) is 0 Å². The number of anilines is 2. The van der Waals surface area contributed by atoms with Crippen molar-refractivity contribution in [1.82, 2.24) is 24.6 Å². The molecule has 160 valence electrons. The number of halogens is 4. The molecule has 4 aromatic rings. The number of fused-ring (bicyclic) bond motifs is 3. The molecule has 31 heavy (non-hydrogen) atoms. The smallest absolute Gasteiger partial charge is 0.352 e. The number of alkyl halides is 3. The number of aryl methyl sites for hydroxylation is 1. The summed E-state index contributed by atoms with van der Waals surface area (Å²) >= 11 is 6.12. The maximum absolute atomic E-state index is 12.9. The van der Waals surface area contributed by atoms with Crippen LogP contribution in [0.4, 0.5) is 24.9 Å². The van der Waals surface area contributed by atoms with Gasteiger partial charge in [0.1, 0.15) is 11.6 Å². The number of rotatable bonds is 2. The minimum absolute atomic E-state index is 0.0126. The number of nitrogens with zero attached hydrogens (tertiary/aromatic N) is 7. The van der Waals surface area contributed by atoms with E-state index in [9.17, 15) is 13.2 Å². The van der Waals surface area contributed by atoms with E-state index >= 15 is 0 Å². The Morgan fingerprint density at radius 1 is 1.00 bits per heavy atom. The SMILES string of the molecule is Cc1nc2c3ccccc3nc(N3CCN(c4ncc(C(F)(F)F)cc4Cl)CC3)n2n1. The van der Waals surface area contributed by atoms with Crippen LogP contribution < -0.4 is 9.80 Å². The predicted molar refractivity (Wildman–Crippen MR) is 112 cm³/mol. The van der Waals surface area contributed by atoms with E-state index in [2.05, 4.69) is 20.0 Å². The lowest BCUT2D eigenvalue weighted by atomic mass is 10.2. The highest BCUT2D eigenvalue weighted by Gasteiger charge is 2.32. The van der Waals surface area contributed by atoms with E-state index in [1.54, 1.807) is 4.52 Å². The summed E-state index contributed by atoms with van der Waals surface area (Å²) in [5.41, 5.74) is 0.712. The Morgan fingerprint density at radius 2 is 1.71 bits per heavy atom. The Morgan fingerprint density at radius 3 is 2.42 bits per heavy atom. The number of hydrogen-bond acceptors (Lipinski definition) is 6. The van der Waals surface area contributed by atoms with Gasteiger partial charge in [-0.15, -0.1) is 5.10 Å². The highest BCUT2D eigenvalue weighted by molar-refractivity contribution is 6.33. The Balaban J connectivity index is 1.43. The Labute approximate surface area is 180 Å². The molecule has 0 spiro atoms. The van der Waals surface area contributed by atoms with E-state index in [1.165, 1.54) is 0 Å². The molecule has 0 bridgehead atoms. The summed E-state index contributed by atoms with van der Waals surface area (Å²) in [5.74, 6) is 1.68. The molecule has 3 aromatic heterocycles. The standard InChI is InChI=1S/C20H17ClF3N7/c1-12-26-17-14-4-2-3-5-16(14)27-19(31(17)28-12)30-8-6-29(7-9-30)18-15(21)10-13(11-25-18)20(22,23)24/h2-5,10-11H,6-9H2,1H3. The zero-order chi connectivity index (χ0) is 21.8. The molecule has 1 aromatic carbocycles. The Kier molecular flexibility index (Phi) is 4.62.